The summed E-state index contributed by atoms with van der Waals surface area (Å²) in [6, 6.07) is 10.9. The van der Waals surface area contributed by atoms with Gasteiger partial charge >= 0.3 is 5.97 Å². The third kappa shape index (κ3) is 6.97. The number of carboxylic acids is 1. The number of hydrogen-bond acceptors (Lipinski definition) is 4. The molecule has 0 spiro atoms. The predicted molar refractivity (Wildman–Crippen MR) is 157 cm³/mol. The number of likely N-dealkylation sites (tertiary alicyclic amines) is 1. The van der Waals surface area contributed by atoms with Crippen molar-refractivity contribution in [3.8, 4) is 0 Å². The van der Waals surface area contributed by atoms with Crippen LogP contribution in [0.4, 0.5) is 8.78 Å². The van der Waals surface area contributed by atoms with Gasteiger partial charge < -0.3 is 10.0 Å². The van der Waals surface area contributed by atoms with Crippen LogP contribution in [-0.2, 0) is 21.4 Å². The van der Waals surface area contributed by atoms with Gasteiger partial charge in [0.05, 0.1) is 5.92 Å². The summed E-state index contributed by atoms with van der Waals surface area (Å²) in [7, 11) is 0. The molecular weight excluding hydrogens is 524 g/mol. The number of amides is 1. The summed E-state index contributed by atoms with van der Waals surface area (Å²) >= 11 is 0. The molecule has 0 aromatic heterocycles. The molecule has 6 nitrogen and oxygen atoms in total. The number of carboxylic acid groups (broad SMARTS) is 1. The van der Waals surface area contributed by atoms with Gasteiger partial charge in [-0.3, -0.25) is 19.4 Å². The number of rotatable bonds is 6. The number of hydrogen-bond donors (Lipinski definition) is 1. The van der Waals surface area contributed by atoms with E-state index in [-0.39, 0.29) is 22.9 Å². The quantitative estimate of drug-likeness (QED) is 0.511. The van der Waals surface area contributed by atoms with Crippen LogP contribution in [0.3, 0.4) is 0 Å². The average molecular weight is 570 g/mol. The zero-order chi connectivity index (χ0) is 30.3. The number of carbonyl (C=O) groups is 2. The molecule has 0 bridgehead atoms. The van der Waals surface area contributed by atoms with E-state index in [4.69, 9.17) is 0 Å². The Morgan fingerprint density at radius 2 is 1.61 bits per heavy atom. The summed E-state index contributed by atoms with van der Waals surface area (Å²) in [5, 5.41) is 10.1. The van der Waals surface area contributed by atoms with E-state index in [1.54, 1.807) is 0 Å². The van der Waals surface area contributed by atoms with E-state index in [1.165, 1.54) is 17.7 Å². The molecule has 2 saturated heterocycles. The molecule has 1 N–H and O–H groups in total. The number of carbonyl (C=O) groups excluding carboxylic acids is 1. The lowest BCUT2D eigenvalue weighted by atomic mass is 9.86. The van der Waals surface area contributed by atoms with Crippen LogP contribution in [0.15, 0.2) is 42.5 Å². The lowest BCUT2D eigenvalue weighted by Crippen LogP contribution is -2.59. The van der Waals surface area contributed by atoms with Crippen LogP contribution in [0, 0.1) is 17.6 Å². The molecule has 4 atom stereocenters. The number of halogens is 2. The van der Waals surface area contributed by atoms with Crippen LogP contribution in [0.5, 0.6) is 0 Å². The lowest BCUT2D eigenvalue weighted by molar-refractivity contribution is -0.147. The Kier molecular flexibility index (Phi) is 8.95. The molecule has 0 aliphatic carbocycles. The smallest absolute Gasteiger partial charge is 0.321 e. The van der Waals surface area contributed by atoms with Crippen LogP contribution >= 0.6 is 0 Å². The fourth-order valence-electron chi connectivity index (χ4n) is 6.27. The zero-order valence-corrected chi connectivity index (χ0v) is 25.5. The monoisotopic (exact) mass is 569 g/mol. The summed E-state index contributed by atoms with van der Waals surface area (Å²) in [6.45, 7) is 16.9. The Balaban J connectivity index is 1.49. The molecule has 0 saturated carbocycles. The maximum Gasteiger partial charge on any atom is 0.321 e. The Morgan fingerprint density at radius 3 is 2.15 bits per heavy atom. The summed E-state index contributed by atoms with van der Waals surface area (Å²) < 4.78 is 28.6. The van der Waals surface area contributed by atoms with Gasteiger partial charge in [-0.25, -0.2) is 8.78 Å². The molecule has 41 heavy (non-hydrogen) atoms. The summed E-state index contributed by atoms with van der Waals surface area (Å²) in [5.41, 5.74) is 2.34. The number of benzene rings is 2. The van der Waals surface area contributed by atoms with Crippen molar-refractivity contribution in [2.24, 2.45) is 5.92 Å². The van der Waals surface area contributed by atoms with E-state index in [1.807, 2.05) is 28.9 Å². The second kappa shape index (κ2) is 11.8. The third-order valence-corrected chi connectivity index (χ3v) is 8.86. The maximum absolute atomic E-state index is 14.9. The highest BCUT2D eigenvalue weighted by molar-refractivity contribution is 5.81. The van der Waals surface area contributed by atoms with Crippen molar-refractivity contribution in [3.05, 3.63) is 70.8 Å². The van der Waals surface area contributed by atoms with E-state index in [9.17, 15) is 23.5 Å². The highest BCUT2D eigenvalue weighted by Crippen LogP contribution is 2.39. The van der Waals surface area contributed by atoms with Gasteiger partial charge in [-0.05, 0) is 62.3 Å². The Bertz CT molecular complexity index is 1250. The van der Waals surface area contributed by atoms with E-state index >= 15 is 0 Å². The summed E-state index contributed by atoms with van der Waals surface area (Å²) in [4.78, 5) is 32.4. The minimum atomic E-state index is -0.875. The van der Waals surface area contributed by atoms with Gasteiger partial charge in [0.1, 0.15) is 17.7 Å². The molecule has 2 fully saturated rings. The van der Waals surface area contributed by atoms with Crippen LogP contribution < -0.4 is 0 Å². The molecule has 2 aliphatic heterocycles. The van der Waals surface area contributed by atoms with E-state index < -0.39 is 35.5 Å². The van der Waals surface area contributed by atoms with E-state index in [2.05, 4.69) is 58.6 Å². The number of nitrogens with zero attached hydrogens (tertiary/aromatic N) is 3. The molecule has 0 radical (unpaired) electrons. The van der Waals surface area contributed by atoms with E-state index in [0.717, 1.165) is 11.6 Å². The molecule has 2 heterocycles. The lowest BCUT2D eigenvalue weighted by Gasteiger charge is -2.43. The Labute approximate surface area is 243 Å². The van der Waals surface area contributed by atoms with Gasteiger partial charge in [0, 0.05) is 56.3 Å². The highest BCUT2D eigenvalue weighted by Gasteiger charge is 2.46. The maximum atomic E-state index is 14.9. The zero-order valence-electron chi connectivity index (χ0n) is 25.5. The molecule has 4 rings (SSSR count). The highest BCUT2D eigenvalue weighted by atomic mass is 19.1. The van der Waals surface area contributed by atoms with Gasteiger partial charge in [0.2, 0.25) is 5.91 Å². The number of aliphatic carboxylic acids is 1. The van der Waals surface area contributed by atoms with Crippen molar-refractivity contribution in [2.45, 2.75) is 83.8 Å². The molecular formula is C33H45F2N3O3. The molecule has 2 aromatic carbocycles. The normalized spacial score (nSPS) is 23.5. The van der Waals surface area contributed by atoms with Crippen LogP contribution in [0.25, 0.3) is 0 Å². The first-order valence-electron chi connectivity index (χ1n) is 14.6. The molecule has 2 aromatic rings. The second-order valence-electron chi connectivity index (χ2n) is 13.8. The third-order valence-electron chi connectivity index (χ3n) is 8.86. The second-order valence-corrected chi connectivity index (χ2v) is 13.8. The van der Waals surface area contributed by atoms with Crippen LogP contribution in [-0.4, -0.2) is 82.0 Å². The van der Waals surface area contributed by atoms with Crippen LogP contribution in [0.2, 0.25) is 0 Å². The van der Waals surface area contributed by atoms with Crippen molar-refractivity contribution in [1.82, 2.24) is 14.7 Å². The van der Waals surface area contributed by atoms with Crippen molar-refractivity contribution >= 4 is 11.9 Å². The van der Waals surface area contributed by atoms with Gasteiger partial charge in [-0.2, -0.15) is 0 Å². The van der Waals surface area contributed by atoms with Crippen molar-refractivity contribution in [3.63, 3.8) is 0 Å². The average Bonchev–Trinajstić information content (AvgIpc) is 3.32. The Morgan fingerprint density at radius 1 is 0.951 bits per heavy atom. The largest absolute Gasteiger partial charge is 0.480 e. The molecule has 8 heteroatoms. The Hall–Kier alpha value is -2.84. The minimum absolute atomic E-state index is 0.0216. The minimum Gasteiger partial charge on any atom is -0.480 e. The summed E-state index contributed by atoms with van der Waals surface area (Å²) in [6.07, 6.45) is 0.384. The van der Waals surface area contributed by atoms with E-state index in [0.29, 0.717) is 44.7 Å². The summed E-state index contributed by atoms with van der Waals surface area (Å²) in [5.74, 6) is -3.05. The van der Waals surface area contributed by atoms with Crippen molar-refractivity contribution in [1.29, 1.82) is 0 Å². The van der Waals surface area contributed by atoms with Crippen LogP contribution in [0.1, 0.15) is 71.1 Å². The molecule has 1 amide bonds. The fourth-order valence-corrected chi connectivity index (χ4v) is 6.27. The topological polar surface area (TPSA) is 64.1 Å². The SMILES string of the molecule is C[C@H]1CN([C@@H](Cc2ccc(C(C)(C)C)cc2)C(=O)O)CCN1C(=O)[C@@H]1CN(C(C)(C)C)C[C@H]1c1ccc(F)cc1F. The molecule has 0 unspecified atom stereocenters. The molecule has 224 valence electrons. The van der Waals surface area contributed by atoms with Gasteiger partial charge in [0.25, 0.3) is 0 Å². The van der Waals surface area contributed by atoms with Crippen molar-refractivity contribution < 1.29 is 23.5 Å². The van der Waals surface area contributed by atoms with Gasteiger partial charge in [0.15, 0.2) is 0 Å². The first-order valence-corrected chi connectivity index (χ1v) is 14.6. The number of piperazine rings is 1. The predicted octanol–water partition coefficient (Wildman–Crippen LogP) is 5.30. The van der Waals surface area contributed by atoms with Gasteiger partial charge in [-0.1, -0.05) is 51.1 Å². The first-order chi connectivity index (χ1) is 19.1. The standard InChI is InChI=1S/C33H45F2N3O3/c1-21-18-36(29(31(40)41)16-22-8-10-23(11-9-22)32(2,3)4)14-15-38(21)30(39)27-20-37(33(5,6)7)19-26(27)25-13-12-24(34)17-28(25)35/h8-13,17,21,26-27,29H,14-16,18-20H2,1-7H3,(H,40,41)/t21-,26-,27+,29-/m0/s1. The van der Waals surface area contributed by atoms with Crippen molar-refractivity contribution in [2.75, 3.05) is 32.7 Å². The first kappa shape index (κ1) is 31.1. The van der Waals surface area contributed by atoms with Gasteiger partial charge in [-0.15, -0.1) is 0 Å². The molecule has 2 aliphatic rings. The fraction of sp³-hybridized carbons (Fsp3) is 0.576.